The van der Waals surface area contributed by atoms with Gasteiger partial charge in [-0.2, -0.15) is 0 Å². The van der Waals surface area contributed by atoms with Gasteiger partial charge < -0.3 is 10.8 Å². The fraction of sp³-hybridized carbons (Fsp3) is 0.364. The highest BCUT2D eigenvalue weighted by Crippen LogP contribution is 2.45. The molecule has 86 valence electrons. The van der Waals surface area contributed by atoms with Crippen LogP contribution in [-0.4, -0.2) is 11.1 Å². The maximum Gasteiger partial charge on any atom is 0.328 e. The molecular weight excluding hydrogens is 277 g/mol. The summed E-state index contributed by atoms with van der Waals surface area (Å²) in [5.41, 5.74) is 4.33. The molecule has 1 aromatic carbocycles. The predicted molar refractivity (Wildman–Crippen MR) is 60.3 cm³/mol. The number of carbonyl (C=O) groups is 1. The molecule has 0 aromatic heterocycles. The Balaban J connectivity index is 2.54. The van der Waals surface area contributed by atoms with Crippen LogP contribution in [0, 0.1) is 11.7 Å². The van der Waals surface area contributed by atoms with E-state index in [9.17, 15) is 14.3 Å². The lowest BCUT2D eigenvalue weighted by molar-refractivity contribution is -0.144. The third kappa shape index (κ3) is 1.74. The van der Waals surface area contributed by atoms with Crippen molar-refractivity contribution in [3.63, 3.8) is 0 Å². The lowest BCUT2D eigenvalue weighted by atomic mass is 9.86. The average Bonchev–Trinajstić information content (AvgIpc) is 3.04. The third-order valence-electron chi connectivity index (χ3n) is 2.95. The van der Waals surface area contributed by atoms with Crippen LogP contribution in [0.1, 0.15) is 18.4 Å². The van der Waals surface area contributed by atoms with Gasteiger partial charge in [0.2, 0.25) is 0 Å². The first-order chi connectivity index (χ1) is 7.46. The lowest BCUT2D eigenvalue weighted by Gasteiger charge is -2.25. The van der Waals surface area contributed by atoms with E-state index in [4.69, 9.17) is 5.73 Å². The second kappa shape index (κ2) is 3.82. The molecule has 0 bridgehead atoms. The van der Waals surface area contributed by atoms with Gasteiger partial charge in [0.15, 0.2) is 0 Å². The van der Waals surface area contributed by atoms with Gasteiger partial charge in [0, 0.05) is 10.0 Å². The number of aliphatic carboxylic acids is 1. The summed E-state index contributed by atoms with van der Waals surface area (Å²) in [7, 11) is 0. The zero-order chi connectivity index (χ0) is 11.9. The van der Waals surface area contributed by atoms with E-state index in [1.54, 1.807) is 0 Å². The summed E-state index contributed by atoms with van der Waals surface area (Å²) in [5, 5.41) is 9.20. The first kappa shape index (κ1) is 11.5. The molecule has 1 fully saturated rings. The quantitative estimate of drug-likeness (QED) is 0.896. The molecule has 1 atom stereocenters. The molecule has 0 spiro atoms. The summed E-state index contributed by atoms with van der Waals surface area (Å²) in [4.78, 5) is 11.3. The second-order valence-corrected chi connectivity index (χ2v) is 4.99. The van der Waals surface area contributed by atoms with Crippen LogP contribution < -0.4 is 5.73 Å². The molecular formula is C11H11BrFNO2. The monoisotopic (exact) mass is 287 g/mol. The average molecular weight is 288 g/mol. The Labute approximate surface area is 101 Å². The maximum atomic E-state index is 13.6. The van der Waals surface area contributed by atoms with Crippen molar-refractivity contribution in [1.29, 1.82) is 0 Å². The molecule has 3 N–H and O–H groups in total. The Kier molecular flexibility index (Phi) is 2.75. The molecule has 5 heteroatoms. The van der Waals surface area contributed by atoms with Crippen LogP contribution >= 0.6 is 15.9 Å². The van der Waals surface area contributed by atoms with Crippen LogP contribution in [0.3, 0.4) is 0 Å². The first-order valence-corrected chi connectivity index (χ1v) is 5.73. The van der Waals surface area contributed by atoms with Crippen molar-refractivity contribution < 1.29 is 14.3 Å². The van der Waals surface area contributed by atoms with Crippen molar-refractivity contribution in [3.05, 3.63) is 34.1 Å². The van der Waals surface area contributed by atoms with Gasteiger partial charge in [-0.3, -0.25) is 0 Å². The third-order valence-corrected chi connectivity index (χ3v) is 3.44. The predicted octanol–water partition coefficient (Wildman–Crippen LogP) is 2.24. The Morgan fingerprint density at radius 2 is 2.19 bits per heavy atom. The van der Waals surface area contributed by atoms with Crippen LogP contribution in [0.5, 0.6) is 0 Å². The number of rotatable bonds is 3. The van der Waals surface area contributed by atoms with Crippen LogP contribution in [0.2, 0.25) is 0 Å². The Morgan fingerprint density at radius 1 is 1.56 bits per heavy atom. The van der Waals surface area contributed by atoms with Crippen molar-refractivity contribution in [3.8, 4) is 0 Å². The summed E-state index contributed by atoms with van der Waals surface area (Å²) in [5.74, 6) is -1.92. The molecule has 1 aromatic rings. The number of benzene rings is 1. The molecule has 16 heavy (non-hydrogen) atoms. The van der Waals surface area contributed by atoms with Crippen molar-refractivity contribution in [2.24, 2.45) is 11.7 Å². The van der Waals surface area contributed by atoms with Gasteiger partial charge >= 0.3 is 5.97 Å². The normalized spacial score (nSPS) is 19.2. The number of carboxylic acid groups (broad SMARTS) is 1. The van der Waals surface area contributed by atoms with Crippen LogP contribution in [0.25, 0.3) is 0 Å². The van der Waals surface area contributed by atoms with Crippen LogP contribution in [-0.2, 0) is 10.3 Å². The number of hydrogen-bond donors (Lipinski definition) is 2. The van der Waals surface area contributed by atoms with Gasteiger partial charge in [0.1, 0.15) is 11.4 Å². The van der Waals surface area contributed by atoms with Crippen LogP contribution in [0.4, 0.5) is 4.39 Å². The number of carboxylic acids is 1. The first-order valence-electron chi connectivity index (χ1n) is 4.94. The van der Waals surface area contributed by atoms with E-state index in [-0.39, 0.29) is 11.5 Å². The van der Waals surface area contributed by atoms with Crippen LogP contribution in [0.15, 0.2) is 22.7 Å². The zero-order valence-electron chi connectivity index (χ0n) is 8.41. The molecule has 0 saturated heterocycles. The minimum absolute atomic E-state index is 0.0527. The largest absolute Gasteiger partial charge is 0.480 e. The number of halogens is 2. The topological polar surface area (TPSA) is 63.3 Å². The van der Waals surface area contributed by atoms with Crippen molar-refractivity contribution in [1.82, 2.24) is 0 Å². The Bertz CT molecular complexity index is 448. The molecule has 1 aliphatic carbocycles. The molecule has 0 amide bonds. The molecule has 3 nitrogen and oxygen atoms in total. The fourth-order valence-corrected chi connectivity index (χ4v) is 2.22. The van der Waals surface area contributed by atoms with E-state index in [1.807, 2.05) is 0 Å². The van der Waals surface area contributed by atoms with Crippen molar-refractivity contribution >= 4 is 21.9 Å². The number of hydrogen-bond acceptors (Lipinski definition) is 2. The smallest absolute Gasteiger partial charge is 0.328 e. The highest BCUT2D eigenvalue weighted by molar-refractivity contribution is 9.10. The molecule has 1 saturated carbocycles. The summed E-state index contributed by atoms with van der Waals surface area (Å²) in [6.07, 6.45) is 1.46. The lowest BCUT2D eigenvalue weighted by Crippen LogP contribution is -2.47. The molecule has 2 rings (SSSR count). The van der Waals surface area contributed by atoms with Gasteiger partial charge in [-0.15, -0.1) is 0 Å². The summed E-state index contributed by atoms with van der Waals surface area (Å²) < 4.78 is 14.3. The molecule has 1 unspecified atom stereocenters. The van der Waals surface area contributed by atoms with Gasteiger partial charge in [0.05, 0.1) is 0 Å². The van der Waals surface area contributed by atoms with Gasteiger partial charge in [-0.1, -0.05) is 15.9 Å². The standard InChI is InChI=1S/C11H11BrFNO2/c12-7-3-4-9(13)8(5-7)11(14,10(15)16)6-1-2-6/h3-6H,1-2,14H2,(H,15,16). The Morgan fingerprint density at radius 3 is 2.69 bits per heavy atom. The number of nitrogens with two attached hydrogens (primary N) is 1. The zero-order valence-corrected chi connectivity index (χ0v) is 10.00. The Hall–Kier alpha value is -0.940. The van der Waals surface area contributed by atoms with E-state index in [0.717, 1.165) is 12.8 Å². The van der Waals surface area contributed by atoms with Gasteiger partial charge in [-0.05, 0) is 37.0 Å². The fourth-order valence-electron chi connectivity index (χ4n) is 1.86. The van der Waals surface area contributed by atoms with E-state index in [0.29, 0.717) is 4.47 Å². The summed E-state index contributed by atoms with van der Waals surface area (Å²) in [6.45, 7) is 0. The van der Waals surface area contributed by atoms with Crippen molar-refractivity contribution in [2.75, 3.05) is 0 Å². The minimum atomic E-state index is -1.60. The van der Waals surface area contributed by atoms with E-state index >= 15 is 0 Å². The maximum absolute atomic E-state index is 13.6. The summed E-state index contributed by atoms with van der Waals surface area (Å²) in [6, 6.07) is 4.20. The molecule has 0 aliphatic heterocycles. The van der Waals surface area contributed by atoms with E-state index in [1.165, 1.54) is 18.2 Å². The summed E-state index contributed by atoms with van der Waals surface area (Å²) >= 11 is 3.19. The highest BCUT2D eigenvalue weighted by atomic mass is 79.9. The van der Waals surface area contributed by atoms with Gasteiger partial charge in [-0.25, -0.2) is 9.18 Å². The minimum Gasteiger partial charge on any atom is -0.480 e. The SMILES string of the molecule is NC(C(=O)O)(c1cc(Br)ccc1F)C1CC1. The van der Waals surface area contributed by atoms with Crippen molar-refractivity contribution in [2.45, 2.75) is 18.4 Å². The van der Waals surface area contributed by atoms with E-state index < -0.39 is 17.3 Å². The molecule has 0 heterocycles. The highest BCUT2D eigenvalue weighted by Gasteiger charge is 2.50. The molecule has 1 aliphatic rings. The van der Waals surface area contributed by atoms with E-state index in [2.05, 4.69) is 15.9 Å². The molecule has 0 radical (unpaired) electrons. The second-order valence-electron chi connectivity index (χ2n) is 4.07. The van der Waals surface area contributed by atoms with Gasteiger partial charge in [0.25, 0.3) is 0 Å².